The Kier molecular flexibility index (Phi) is 6.44. The van der Waals surface area contributed by atoms with Crippen molar-refractivity contribution in [3.05, 3.63) is 51.7 Å². The molecule has 2 aromatic rings. The second-order valence-corrected chi connectivity index (χ2v) is 8.83. The Morgan fingerprint density at radius 3 is 2.56 bits per heavy atom. The van der Waals surface area contributed by atoms with Crippen LogP contribution in [0.3, 0.4) is 0 Å². The molecule has 170 valence electrons. The number of likely N-dealkylation sites (N-methyl/N-ethyl adjacent to an activating group) is 1. The van der Waals surface area contributed by atoms with E-state index in [1.54, 1.807) is 0 Å². The fourth-order valence-corrected chi connectivity index (χ4v) is 4.84. The Morgan fingerprint density at radius 1 is 1.31 bits per heavy atom. The second kappa shape index (κ2) is 8.63. The van der Waals surface area contributed by atoms with E-state index in [2.05, 4.69) is 4.98 Å². The first-order valence-electron chi connectivity index (χ1n) is 8.87. The second-order valence-electron chi connectivity index (χ2n) is 6.96. The average Bonchev–Trinajstić information content (AvgIpc) is 3.09. The molecule has 0 saturated carbocycles. The van der Waals surface area contributed by atoms with Gasteiger partial charge in [-0.1, -0.05) is 11.6 Å². The number of amides is 1. The number of aromatic nitrogens is 1. The number of halogens is 6. The normalized spacial score (nSPS) is 18.5. The van der Waals surface area contributed by atoms with Crippen LogP contribution in [0.4, 0.5) is 33.5 Å². The van der Waals surface area contributed by atoms with Gasteiger partial charge in [-0.25, -0.2) is 13.8 Å². The van der Waals surface area contributed by atoms with Crippen molar-refractivity contribution < 1.29 is 31.0 Å². The third-order valence-electron chi connectivity index (χ3n) is 4.79. The standard InChI is InChI=1S/C19H14ClF5N4O2S/c1-9-3-11(19(23,24)25)10(6-26)17(27-9)29-8-32(31)7-16(29)18(30)28(2)15-4-12(20)13(21)5-14(15)22/h3-5,16H,7-8H2,1-2H3/t16-,32?/m0/s1. The van der Waals surface area contributed by atoms with Gasteiger partial charge >= 0.3 is 6.18 Å². The minimum atomic E-state index is -4.86. The predicted octanol–water partition coefficient (Wildman–Crippen LogP) is 3.77. The monoisotopic (exact) mass is 492 g/mol. The maximum absolute atomic E-state index is 14.2. The highest BCUT2D eigenvalue weighted by atomic mass is 35.5. The number of benzene rings is 1. The average molecular weight is 493 g/mol. The third kappa shape index (κ3) is 4.40. The number of alkyl halides is 3. The summed E-state index contributed by atoms with van der Waals surface area (Å²) in [4.78, 5) is 18.9. The van der Waals surface area contributed by atoms with Gasteiger partial charge in [0.1, 0.15) is 35.1 Å². The number of aryl methyl sites for hydroxylation is 1. The van der Waals surface area contributed by atoms with Gasteiger partial charge in [0, 0.05) is 29.6 Å². The number of hydrogen-bond donors (Lipinski definition) is 0. The molecule has 0 spiro atoms. The van der Waals surface area contributed by atoms with Gasteiger partial charge in [-0.15, -0.1) is 0 Å². The number of pyridine rings is 1. The molecule has 6 nitrogen and oxygen atoms in total. The zero-order valence-electron chi connectivity index (χ0n) is 16.5. The number of hydrogen-bond acceptors (Lipinski definition) is 5. The Morgan fingerprint density at radius 2 is 1.97 bits per heavy atom. The molecule has 1 unspecified atom stereocenters. The van der Waals surface area contributed by atoms with Gasteiger partial charge in [-0.2, -0.15) is 18.4 Å². The van der Waals surface area contributed by atoms with Crippen molar-refractivity contribution in [2.75, 3.05) is 28.5 Å². The van der Waals surface area contributed by atoms with Gasteiger partial charge in [0.2, 0.25) is 0 Å². The summed E-state index contributed by atoms with van der Waals surface area (Å²) in [6, 6.07) is 2.22. The minimum Gasteiger partial charge on any atom is -0.331 e. The summed E-state index contributed by atoms with van der Waals surface area (Å²) in [5, 5.41) is 8.95. The molecule has 3 rings (SSSR count). The lowest BCUT2D eigenvalue weighted by Crippen LogP contribution is -2.46. The molecule has 0 N–H and O–H groups in total. The van der Waals surface area contributed by atoms with E-state index >= 15 is 0 Å². The van der Waals surface area contributed by atoms with Crippen LogP contribution >= 0.6 is 11.6 Å². The zero-order chi connectivity index (χ0) is 24.0. The molecule has 1 aliphatic heterocycles. The molecule has 1 fully saturated rings. The topological polar surface area (TPSA) is 77.3 Å². The van der Waals surface area contributed by atoms with Crippen molar-refractivity contribution in [1.29, 1.82) is 5.26 Å². The summed E-state index contributed by atoms with van der Waals surface area (Å²) in [7, 11) is -0.510. The summed E-state index contributed by atoms with van der Waals surface area (Å²) < 4.78 is 80.3. The summed E-state index contributed by atoms with van der Waals surface area (Å²) in [5.74, 6) is -4.09. The molecule has 0 aliphatic carbocycles. The van der Waals surface area contributed by atoms with Crippen LogP contribution in [0.1, 0.15) is 16.8 Å². The summed E-state index contributed by atoms with van der Waals surface area (Å²) in [6.45, 7) is 1.28. The van der Waals surface area contributed by atoms with Gasteiger partial charge in [0.05, 0.1) is 27.9 Å². The van der Waals surface area contributed by atoms with Gasteiger partial charge < -0.3 is 9.80 Å². The number of nitrogens with zero attached hydrogens (tertiary/aromatic N) is 4. The first-order valence-corrected chi connectivity index (χ1v) is 10.7. The molecular formula is C19H14ClF5N4O2S. The highest BCUT2D eigenvalue weighted by Gasteiger charge is 2.42. The first kappa shape index (κ1) is 23.9. The molecule has 2 heterocycles. The number of rotatable bonds is 3. The molecule has 32 heavy (non-hydrogen) atoms. The lowest BCUT2D eigenvalue weighted by atomic mass is 10.1. The highest BCUT2D eigenvalue weighted by molar-refractivity contribution is 7.85. The predicted molar refractivity (Wildman–Crippen MR) is 108 cm³/mol. The Hall–Kier alpha value is -2.78. The molecule has 1 aromatic heterocycles. The molecule has 0 bridgehead atoms. The quantitative estimate of drug-likeness (QED) is 0.481. The van der Waals surface area contributed by atoms with E-state index < -0.39 is 62.5 Å². The highest BCUT2D eigenvalue weighted by Crippen LogP contribution is 2.37. The zero-order valence-corrected chi connectivity index (χ0v) is 18.1. The van der Waals surface area contributed by atoms with Crippen molar-refractivity contribution in [3.8, 4) is 6.07 Å². The van der Waals surface area contributed by atoms with Crippen LogP contribution in [0.5, 0.6) is 0 Å². The lowest BCUT2D eigenvalue weighted by Gasteiger charge is -2.29. The van der Waals surface area contributed by atoms with Crippen molar-refractivity contribution in [2.24, 2.45) is 0 Å². The Labute approximate surface area is 186 Å². The van der Waals surface area contributed by atoms with E-state index in [0.717, 1.165) is 22.9 Å². The number of carbonyl (C=O) groups excluding carboxylic acids is 1. The molecule has 1 amide bonds. The summed E-state index contributed by atoms with van der Waals surface area (Å²) in [5.41, 5.74) is -2.51. The van der Waals surface area contributed by atoms with Crippen LogP contribution in [0.15, 0.2) is 18.2 Å². The molecule has 2 atom stereocenters. The largest absolute Gasteiger partial charge is 0.417 e. The first-order chi connectivity index (χ1) is 14.8. The van der Waals surface area contributed by atoms with Crippen LogP contribution in [-0.2, 0) is 21.8 Å². The number of carbonyl (C=O) groups is 1. The maximum atomic E-state index is 14.2. The summed E-state index contributed by atoms with van der Waals surface area (Å²) >= 11 is 5.67. The fourth-order valence-electron chi connectivity index (χ4n) is 3.29. The van der Waals surface area contributed by atoms with Gasteiger partial charge in [0.15, 0.2) is 0 Å². The number of anilines is 2. The fraction of sp³-hybridized carbons (Fsp3) is 0.316. The van der Waals surface area contributed by atoms with Crippen molar-refractivity contribution in [1.82, 2.24) is 4.98 Å². The Balaban J connectivity index is 2.07. The number of nitriles is 1. The van der Waals surface area contributed by atoms with E-state index in [9.17, 15) is 36.2 Å². The lowest BCUT2D eigenvalue weighted by molar-refractivity contribution is -0.137. The van der Waals surface area contributed by atoms with E-state index in [1.807, 2.05) is 0 Å². The van der Waals surface area contributed by atoms with Gasteiger partial charge in [-0.05, 0) is 19.1 Å². The smallest absolute Gasteiger partial charge is 0.331 e. The third-order valence-corrected chi connectivity index (χ3v) is 6.33. The van der Waals surface area contributed by atoms with Gasteiger partial charge in [-0.3, -0.25) is 9.00 Å². The minimum absolute atomic E-state index is 0.0695. The van der Waals surface area contributed by atoms with Crippen LogP contribution in [0.2, 0.25) is 5.02 Å². The van der Waals surface area contributed by atoms with Crippen molar-refractivity contribution >= 4 is 39.8 Å². The maximum Gasteiger partial charge on any atom is 0.417 e. The van der Waals surface area contributed by atoms with Crippen LogP contribution in [0.25, 0.3) is 0 Å². The van der Waals surface area contributed by atoms with Crippen molar-refractivity contribution in [3.63, 3.8) is 0 Å². The Bertz CT molecular complexity index is 1170. The molecule has 1 saturated heterocycles. The van der Waals surface area contributed by atoms with Crippen LogP contribution < -0.4 is 9.80 Å². The van der Waals surface area contributed by atoms with Crippen LogP contribution in [-0.4, -0.2) is 39.8 Å². The van der Waals surface area contributed by atoms with Crippen molar-refractivity contribution in [2.45, 2.75) is 19.1 Å². The SMILES string of the molecule is Cc1cc(C(F)(F)F)c(C#N)c(N2CS(=O)C[C@H]2C(=O)N(C)c2cc(Cl)c(F)cc2F)n1. The van der Waals surface area contributed by atoms with Gasteiger partial charge in [0.25, 0.3) is 5.91 Å². The molecular weight excluding hydrogens is 479 g/mol. The molecule has 1 aliphatic rings. The van der Waals surface area contributed by atoms with Crippen LogP contribution in [0, 0.1) is 29.9 Å². The molecule has 1 aromatic carbocycles. The van der Waals surface area contributed by atoms with E-state index in [-0.39, 0.29) is 23.0 Å². The summed E-state index contributed by atoms with van der Waals surface area (Å²) in [6.07, 6.45) is -4.86. The van der Waals surface area contributed by atoms with E-state index in [1.165, 1.54) is 13.0 Å². The van der Waals surface area contributed by atoms with E-state index in [0.29, 0.717) is 12.1 Å². The van der Waals surface area contributed by atoms with E-state index in [4.69, 9.17) is 11.6 Å². The molecule has 13 heteroatoms. The molecule has 0 radical (unpaired) electrons.